The first-order valence-electron chi connectivity index (χ1n) is 4.33. The van der Waals surface area contributed by atoms with Gasteiger partial charge < -0.3 is 0 Å². The summed E-state index contributed by atoms with van der Waals surface area (Å²) < 4.78 is 0.731. The molecule has 1 unspecified atom stereocenters. The highest BCUT2D eigenvalue weighted by Crippen LogP contribution is 2.28. The van der Waals surface area contributed by atoms with Gasteiger partial charge in [0.15, 0.2) is 0 Å². The molecule has 0 aromatic carbocycles. The maximum atomic E-state index is 11.6. The van der Waals surface area contributed by atoms with Crippen LogP contribution in [0, 0.1) is 0 Å². The number of alkyl halides is 1. The highest BCUT2D eigenvalue weighted by Gasteiger charge is 2.29. The van der Waals surface area contributed by atoms with E-state index in [1.807, 2.05) is 0 Å². The number of anilines is 1. The third-order valence-electron chi connectivity index (χ3n) is 2.15. The minimum absolute atomic E-state index is 0.0720. The van der Waals surface area contributed by atoms with E-state index >= 15 is 0 Å². The van der Waals surface area contributed by atoms with Crippen LogP contribution in [-0.4, -0.2) is 22.3 Å². The predicted molar refractivity (Wildman–Crippen MR) is 66.6 cm³/mol. The minimum Gasteiger partial charge on any atom is -0.296 e. The molecule has 1 amide bonds. The minimum atomic E-state index is 0.0720. The zero-order valence-corrected chi connectivity index (χ0v) is 11.5. The molecule has 1 aromatic rings. The molecule has 2 heterocycles. The van der Waals surface area contributed by atoms with Crippen molar-refractivity contribution >= 4 is 55.2 Å². The van der Waals surface area contributed by atoms with Crippen LogP contribution < -0.4 is 4.90 Å². The highest BCUT2D eigenvalue weighted by atomic mass is 79.9. The summed E-state index contributed by atoms with van der Waals surface area (Å²) in [6.45, 7) is 0.643. The van der Waals surface area contributed by atoms with Crippen LogP contribution in [0.25, 0.3) is 0 Å². The van der Waals surface area contributed by atoms with Gasteiger partial charge in [0.25, 0.3) is 0 Å². The van der Waals surface area contributed by atoms with Gasteiger partial charge in [-0.3, -0.25) is 9.69 Å². The lowest BCUT2D eigenvalue weighted by molar-refractivity contribution is -0.117. The van der Waals surface area contributed by atoms with Gasteiger partial charge in [0, 0.05) is 30.1 Å². The Balaban J connectivity index is 2.30. The van der Waals surface area contributed by atoms with E-state index in [1.165, 1.54) is 0 Å². The average molecular weight is 354 g/mol. The van der Waals surface area contributed by atoms with Crippen LogP contribution in [-0.2, 0) is 4.79 Å². The normalized spacial score (nSPS) is 21.1. The van der Waals surface area contributed by atoms with Crippen LogP contribution >= 0.6 is 43.5 Å². The number of carbonyl (C=O) groups is 1. The molecule has 0 aliphatic carbocycles. The Morgan fingerprint density at radius 3 is 2.87 bits per heavy atom. The number of rotatable bonds is 1. The van der Waals surface area contributed by atoms with Crippen molar-refractivity contribution in [2.45, 2.75) is 11.2 Å². The van der Waals surface area contributed by atoms with Crippen LogP contribution in [0.1, 0.15) is 6.42 Å². The lowest BCUT2D eigenvalue weighted by atomic mass is 10.4. The summed E-state index contributed by atoms with van der Waals surface area (Å²) in [4.78, 5) is 17.6. The summed E-state index contributed by atoms with van der Waals surface area (Å²) in [5, 5.41) is 0.561. The molecule has 1 fully saturated rings. The topological polar surface area (TPSA) is 33.2 Å². The van der Waals surface area contributed by atoms with Crippen LogP contribution in [0.5, 0.6) is 0 Å². The molecular weight excluding hydrogens is 347 g/mol. The van der Waals surface area contributed by atoms with E-state index in [2.05, 4.69) is 36.8 Å². The van der Waals surface area contributed by atoms with E-state index in [-0.39, 0.29) is 10.7 Å². The molecule has 1 aliphatic heterocycles. The zero-order chi connectivity index (χ0) is 11.0. The highest BCUT2D eigenvalue weighted by molar-refractivity contribution is 9.10. The van der Waals surface area contributed by atoms with E-state index in [0.717, 1.165) is 4.47 Å². The van der Waals surface area contributed by atoms with Gasteiger partial charge in [0.05, 0.1) is 9.50 Å². The Kier molecular flexibility index (Phi) is 3.33. The molecule has 0 N–H and O–H groups in total. The van der Waals surface area contributed by atoms with Gasteiger partial charge in [-0.25, -0.2) is 4.98 Å². The molecule has 0 spiro atoms. The lowest BCUT2D eigenvalue weighted by Crippen LogP contribution is -2.25. The van der Waals surface area contributed by atoms with Crippen molar-refractivity contribution in [3.8, 4) is 0 Å². The fourth-order valence-corrected chi connectivity index (χ4v) is 2.37. The molecule has 0 bridgehead atoms. The van der Waals surface area contributed by atoms with Gasteiger partial charge in [-0.1, -0.05) is 27.5 Å². The van der Waals surface area contributed by atoms with E-state index in [9.17, 15) is 4.79 Å². The first-order valence-corrected chi connectivity index (χ1v) is 6.42. The molecule has 3 nitrogen and oxygen atoms in total. The maximum Gasteiger partial charge on any atom is 0.229 e. The number of hydrogen-bond acceptors (Lipinski definition) is 2. The summed E-state index contributed by atoms with van der Waals surface area (Å²) in [5.41, 5.74) is 0. The number of amides is 1. The SMILES string of the molecule is O=C1CC(Br)CN1c1cc(Cl)c(Br)cn1. The van der Waals surface area contributed by atoms with Gasteiger partial charge >= 0.3 is 0 Å². The quantitative estimate of drug-likeness (QED) is 0.727. The number of nitrogens with zero attached hydrogens (tertiary/aromatic N) is 2. The Labute approximate surface area is 109 Å². The lowest BCUT2D eigenvalue weighted by Gasteiger charge is -2.14. The van der Waals surface area contributed by atoms with Gasteiger partial charge in [-0.05, 0) is 15.9 Å². The van der Waals surface area contributed by atoms with Crippen molar-refractivity contribution in [1.82, 2.24) is 4.98 Å². The Bertz CT molecular complexity index is 413. The third-order valence-corrected chi connectivity index (χ3v) is 3.93. The van der Waals surface area contributed by atoms with E-state index in [1.54, 1.807) is 17.2 Å². The number of carbonyl (C=O) groups excluding carboxylic acids is 1. The summed E-state index contributed by atoms with van der Waals surface area (Å²) in [6, 6.07) is 1.69. The largest absolute Gasteiger partial charge is 0.296 e. The van der Waals surface area contributed by atoms with Crippen molar-refractivity contribution in [3.63, 3.8) is 0 Å². The van der Waals surface area contributed by atoms with E-state index < -0.39 is 0 Å². The fraction of sp³-hybridized carbons (Fsp3) is 0.333. The first kappa shape index (κ1) is 11.4. The smallest absolute Gasteiger partial charge is 0.229 e. The molecule has 1 atom stereocenters. The molecule has 80 valence electrons. The van der Waals surface area contributed by atoms with Crippen molar-refractivity contribution in [3.05, 3.63) is 21.8 Å². The van der Waals surface area contributed by atoms with Crippen LogP contribution in [0.4, 0.5) is 5.82 Å². The summed E-state index contributed by atoms with van der Waals surface area (Å²) in [5.74, 6) is 0.679. The van der Waals surface area contributed by atoms with Crippen molar-refractivity contribution in [2.24, 2.45) is 0 Å². The second-order valence-corrected chi connectivity index (χ2v) is 5.82. The van der Waals surface area contributed by atoms with Crippen LogP contribution in [0.3, 0.4) is 0 Å². The predicted octanol–water partition coefficient (Wildman–Crippen LogP) is 3.00. The van der Waals surface area contributed by atoms with Crippen molar-refractivity contribution in [2.75, 3.05) is 11.4 Å². The number of pyridine rings is 1. The zero-order valence-electron chi connectivity index (χ0n) is 7.58. The molecule has 1 saturated heterocycles. The third kappa shape index (κ3) is 2.34. The molecule has 1 aromatic heterocycles. The summed E-state index contributed by atoms with van der Waals surface area (Å²) in [6.07, 6.45) is 2.11. The molecule has 0 radical (unpaired) electrons. The maximum absolute atomic E-state index is 11.6. The number of aromatic nitrogens is 1. The molecule has 6 heteroatoms. The van der Waals surface area contributed by atoms with Crippen LogP contribution in [0.15, 0.2) is 16.7 Å². The van der Waals surface area contributed by atoms with Gasteiger partial charge in [-0.2, -0.15) is 0 Å². The van der Waals surface area contributed by atoms with Crippen molar-refractivity contribution in [1.29, 1.82) is 0 Å². The number of hydrogen-bond donors (Lipinski definition) is 0. The second-order valence-electron chi connectivity index (χ2n) is 3.26. The molecule has 1 aliphatic rings. The average Bonchev–Trinajstić information content (AvgIpc) is 2.50. The molecular formula is C9H7Br2ClN2O. The first-order chi connectivity index (χ1) is 7.08. The number of halogens is 3. The Morgan fingerprint density at radius 1 is 1.60 bits per heavy atom. The Morgan fingerprint density at radius 2 is 2.33 bits per heavy atom. The summed E-state index contributed by atoms with van der Waals surface area (Å²) >= 11 is 12.6. The second kappa shape index (κ2) is 4.39. The van der Waals surface area contributed by atoms with Gasteiger partial charge in [0.2, 0.25) is 5.91 Å². The van der Waals surface area contributed by atoms with E-state index in [4.69, 9.17) is 11.6 Å². The monoisotopic (exact) mass is 352 g/mol. The van der Waals surface area contributed by atoms with Crippen molar-refractivity contribution < 1.29 is 4.79 Å². The molecule has 15 heavy (non-hydrogen) atoms. The molecule has 0 saturated carbocycles. The standard InChI is InChI=1S/C9H7Br2ClN2O/c10-5-1-9(15)14(4-5)8-2-7(12)6(11)3-13-8/h2-3,5H,1,4H2. The van der Waals surface area contributed by atoms with E-state index in [0.29, 0.717) is 23.8 Å². The molecule has 2 rings (SSSR count). The van der Waals surface area contributed by atoms with Crippen LogP contribution in [0.2, 0.25) is 5.02 Å². The van der Waals surface area contributed by atoms with Gasteiger partial charge in [0.1, 0.15) is 5.82 Å². The Hall–Kier alpha value is -0.130. The fourth-order valence-electron chi connectivity index (χ4n) is 1.44. The summed E-state index contributed by atoms with van der Waals surface area (Å²) in [7, 11) is 0. The van der Waals surface area contributed by atoms with Gasteiger partial charge in [-0.15, -0.1) is 0 Å².